The van der Waals surface area contributed by atoms with E-state index in [1.54, 1.807) is 0 Å². The second kappa shape index (κ2) is 2.94. The van der Waals surface area contributed by atoms with E-state index in [9.17, 15) is 13.2 Å². The van der Waals surface area contributed by atoms with Crippen molar-refractivity contribution in [1.82, 2.24) is 14.4 Å². The molecule has 0 spiro atoms. The van der Waals surface area contributed by atoms with Gasteiger partial charge in [-0.2, -0.15) is 13.2 Å². The van der Waals surface area contributed by atoms with Crippen molar-refractivity contribution in [3.8, 4) is 0 Å². The maximum absolute atomic E-state index is 12.2. The summed E-state index contributed by atoms with van der Waals surface area (Å²) < 4.78 is 38.6. The fourth-order valence-corrected chi connectivity index (χ4v) is 1.38. The van der Waals surface area contributed by atoms with Gasteiger partial charge in [0, 0.05) is 6.07 Å². The minimum absolute atomic E-state index is 0.208. The Morgan fingerprint density at radius 2 is 2.00 bits per heavy atom. The predicted octanol–water partition coefficient (Wildman–Crippen LogP) is 2.51. The molecule has 0 aromatic carbocycles. The third kappa shape index (κ3) is 1.47. The maximum Gasteiger partial charge on any atom is 0.433 e. The fourth-order valence-electron chi connectivity index (χ4n) is 1.01. The molecule has 2 heterocycles. The highest BCUT2D eigenvalue weighted by Crippen LogP contribution is 2.28. The average molecular weight is 266 g/mol. The Morgan fingerprint density at radius 1 is 1.29 bits per heavy atom. The van der Waals surface area contributed by atoms with Gasteiger partial charge in [-0.05, 0) is 15.9 Å². The van der Waals surface area contributed by atoms with Gasteiger partial charge in [-0.3, -0.25) is 4.40 Å². The largest absolute Gasteiger partial charge is 0.433 e. The van der Waals surface area contributed by atoms with Crippen LogP contribution in [-0.2, 0) is 6.18 Å². The average Bonchev–Trinajstić information content (AvgIpc) is 2.46. The lowest BCUT2D eigenvalue weighted by atomic mass is 10.4. The minimum Gasteiger partial charge on any atom is -0.277 e. The first-order valence-electron chi connectivity index (χ1n) is 3.54. The highest BCUT2D eigenvalue weighted by Gasteiger charge is 2.32. The van der Waals surface area contributed by atoms with Gasteiger partial charge in [0.1, 0.15) is 22.3 Å². The Bertz CT molecular complexity index is 476. The summed E-state index contributed by atoms with van der Waals surface area (Å²) in [5.74, 6) is 0. The third-order valence-electron chi connectivity index (χ3n) is 1.65. The smallest absolute Gasteiger partial charge is 0.277 e. The summed E-state index contributed by atoms with van der Waals surface area (Å²) in [5.41, 5.74) is -0.734. The van der Waals surface area contributed by atoms with Gasteiger partial charge in [-0.25, -0.2) is 9.97 Å². The van der Waals surface area contributed by atoms with E-state index in [0.29, 0.717) is 4.60 Å². The zero-order valence-electron chi connectivity index (χ0n) is 6.59. The normalized spacial score (nSPS) is 12.3. The van der Waals surface area contributed by atoms with Crippen LogP contribution < -0.4 is 0 Å². The van der Waals surface area contributed by atoms with E-state index >= 15 is 0 Å². The van der Waals surface area contributed by atoms with Crippen molar-refractivity contribution in [2.45, 2.75) is 6.18 Å². The summed E-state index contributed by atoms with van der Waals surface area (Å²) in [6, 6.07) is 0.894. The number of fused-ring (bicyclic) bond motifs is 1. The second-order valence-corrected chi connectivity index (χ2v) is 3.39. The zero-order valence-corrected chi connectivity index (χ0v) is 8.17. The first kappa shape index (κ1) is 9.45. The maximum atomic E-state index is 12.2. The predicted molar refractivity (Wildman–Crippen MR) is 45.7 cm³/mol. The number of imidazole rings is 1. The fraction of sp³-hybridized carbons (Fsp3) is 0.143. The van der Waals surface area contributed by atoms with Crippen molar-refractivity contribution < 1.29 is 13.2 Å². The van der Waals surface area contributed by atoms with E-state index in [-0.39, 0.29) is 5.65 Å². The summed E-state index contributed by atoms with van der Waals surface area (Å²) in [5, 5.41) is 0. The van der Waals surface area contributed by atoms with Crippen LogP contribution >= 0.6 is 15.9 Å². The molecule has 0 saturated heterocycles. The van der Waals surface area contributed by atoms with Crippen LogP contribution in [0.5, 0.6) is 0 Å². The van der Waals surface area contributed by atoms with Crippen LogP contribution in [0.1, 0.15) is 5.69 Å². The number of halogens is 4. The number of nitrogens with zero attached hydrogens (tertiary/aromatic N) is 3. The van der Waals surface area contributed by atoms with Crippen molar-refractivity contribution >= 4 is 21.6 Å². The van der Waals surface area contributed by atoms with E-state index in [1.807, 2.05) is 0 Å². The van der Waals surface area contributed by atoms with Gasteiger partial charge >= 0.3 is 6.18 Å². The summed E-state index contributed by atoms with van der Waals surface area (Å²) >= 11 is 3.12. The van der Waals surface area contributed by atoms with E-state index in [1.165, 1.54) is 10.6 Å². The van der Waals surface area contributed by atoms with Crippen LogP contribution in [0.4, 0.5) is 13.2 Å². The summed E-state index contributed by atoms with van der Waals surface area (Å²) in [6.07, 6.45) is -1.94. The topological polar surface area (TPSA) is 30.2 Å². The molecule has 0 aliphatic carbocycles. The lowest BCUT2D eigenvalue weighted by molar-refractivity contribution is -0.141. The Balaban J connectivity index is 2.63. The van der Waals surface area contributed by atoms with Crippen LogP contribution in [0.25, 0.3) is 5.65 Å². The molecule has 0 unspecified atom stereocenters. The quantitative estimate of drug-likeness (QED) is 0.733. The SMILES string of the molecule is FC(F)(F)c1cc2ncc(Br)n2cn1. The molecule has 2 aromatic rings. The number of hydrogen-bond donors (Lipinski definition) is 0. The van der Waals surface area contributed by atoms with Crippen LogP contribution in [0.3, 0.4) is 0 Å². The second-order valence-electron chi connectivity index (χ2n) is 2.58. The molecule has 0 atom stereocenters. The number of rotatable bonds is 0. The molecule has 0 aliphatic rings. The molecule has 0 radical (unpaired) electrons. The highest BCUT2D eigenvalue weighted by atomic mass is 79.9. The molecule has 2 rings (SSSR count). The van der Waals surface area contributed by atoms with Gasteiger partial charge in [-0.1, -0.05) is 0 Å². The molecule has 0 amide bonds. The molecule has 0 aliphatic heterocycles. The molecule has 0 fully saturated rings. The van der Waals surface area contributed by atoms with Crippen molar-refractivity contribution in [1.29, 1.82) is 0 Å². The number of alkyl halides is 3. The first-order chi connectivity index (χ1) is 6.48. The van der Waals surface area contributed by atoms with Crippen LogP contribution in [-0.4, -0.2) is 14.4 Å². The Kier molecular flexibility index (Phi) is 1.99. The standard InChI is InChI=1S/C7H3BrF3N3/c8-5-2-12-6-1-4(7(9,10)11)13-3-14(5)6/h1-3H. The van der Waals surface area contributed by atoms with Crippen LogP contribution in [0.15, 0.2) is 23.2 Å². The Labute approximate surface area is 84.7 Å². The first-order valence-corrected chi connectivity index (χ1v) is 4.33. The van der Waals surface area contributed by atoms with E-state index in [4.69, 9.17) is 0 Å². The lowest BCUT2D eigenvalue weighted by Gasteiger charge is -2.04. The summed E-state index contributed by atoms with van der Waals surface area (Å²) in [7, 11) is 0. The minimum atomic E-state index is -4.43. The van der Waals surface area contributed by atoms with Gasteiger partial charge in [0.25, 0.3) is 0 Å². The third-order valence-corrected chi connectivity index (χ3v) is 2.24. The Morgan fingerprint density at radius 3 is 2.64 bits per heavy atom. The lowest BCUT2D eigenvalue weighted by Crippen LogP contribution is -2.08. The van der Waals surface area contributed by atoms with Gasteiger partial charge in [0.2, 0.25) is 0 Å². The summed E-state index contributed by atoms with van der Waals surface area (Å²) in [4.78, 5) is 7.05. The van der Waals surface area contributed by atoms with E-state index in [0.717, 1.165) is 12.4 Å². The van der Waals surface area contributed by atoms with Crippen LogP contribution in [0, 0.1) is 0 Å². The van der Waals surface area contributed by atoms with Gasteiger partial charge in [0.05, 0.1) is 6.20 Å². The summed E-state index contributed by atoms with van der Waals surface area (Å²) in [6.45, 7) is 0. The van der Waals surface area contributed by atoms with Crippen molar-refractivity contribution in [2.24, 2.45) is 0 Å². The van der Waals surface area contributed by atoms with Crippen molar-refractivity contribution in [2.75, 3.05) is 0 Å². The highest BCUT2D eigenvalue weighted by molar-refractivity contribution is 9.10. The monoisotopic (exact) mass is 265 g/mol. The van der Waals surface area contributed by atoms with E-state index < -0.39 is 11.9 Å². The molecule has 2 aromatic heterocycles. The number of aromatic nitrogens is 3. The molecule has 0 N–H and O–H groups in total. The molecule has 0 saturated carbocycles. The van der Waals surface area contributed by atoms with E-state index in [2.05, 4.69) is 25.9 Å². The Hall–Kier alpha value is -1.11. The van der Waals surface area contributed by atoms with Crippen molar-refractivity contribution in [3.63, 3.8) is 0 Å². The van der Waals surface area contributed by atoms with Gasteiger partial charge in [0.15, 0.2) is 0 Å². The molecule has 74 valence electrons. The molecule has 3 nitrogen and oxygen atoms in total. The number of hydrogen-bond acceptors (Lipinski definition) is 2. The van der Waals surface area contributed by atoms with Crippen LogP contribution in [0.2, 0.25) is 0 Å². The molecular formula is C7H3BrF3N3. The molecule has 7 heteroatoms. The van der Waals surface area contributed by atoms with Gasteiger partial charge < -0.3 is 0 Å². The van der Waals surface area contributed by atoms with Crippen molar-refractivity contribution in [3.05, 3.63) is 28.9 Å². The zero-order chi connectivity index (χ0) is 10.3. The molecular weight excluding hydrogens is 263 g/mol. The molecule has 14 heavy (non-hydrogen) atoms. The van der Waals surface area contributed by atoms with Gasteiger partial charge in [-0.15, -0.1) is 0 Å². The molecule has 0 bridgehead atoms.